The summed E-state index contributed by atoms with van der Waals surface area (Å²) in [5.74, 6) is -0.442. The van der Waals surface area contributed by atoms with E-state index in [0.717, 1.165) is 19.1 Å². The minimum atomic E-state index is -0.442. The Morgan fingerprint density at radius 3 is 2.92 bits per heavy atom. The van der Waals surface area contributed by atoms with E-state index in [-0.39, 0.29) is 6.10 Å². The molecule has 12 heavy (non-hydrogen) atoms. The van der Waals surface area contributed by atoms with E-state index in [1.54, 1.807) is 0 Å². The summed E-state index contributed by atoms with van der Waals surface area (Å²) < 4.78 is 11.0. The van der Waals surface area contributed by atoms with E-state index in [1.165, 1.54) is 0 Å². The van der Waals surface area contributed by atoms with Gasteiger partial charge in [-0.1, -0.05) is 0 Å². The Balaban J connectivity index is 2.25. The molecule has 0 bridgehead atoms. The molecule has 0 spiro atoms. The molecule has 70 valence electrons. The first kappa shape index (κ1) is 9.68. The average Bonchev–Trinajstić information content (AvgIpc) is 2.32. The van der Waals surface area contributed by atoms with Crippen LogP contribution >= 0.6 is 0 Å². The Hall–Kier alpha value is -0.410. The lowest BCUT2D eigenvalue weighted by Crippen LogP contribution is -2.26. The molecule has 1 fully saturated rings. The molecule has 0 amide bonds. The molecule has 0 aromatic heterocycles. The molecule has 1 aliphatic rings. The number of aldehydes is 1. The van der Waals surface area contributed by atoms with Crippen molar-refractivity contribution in [3.05, 3.63) is 0 Å². The molecular formula is C9H16O3. The van der Waals surface area contributed by atoms with Crippen LogP contribution in [0.4, 0.5) is 0 Å². The quantitative estimate of drug-likeness (QED) is 0.476. The highest BCUT2D eigenvalue weighted by Crippen LogP contribution is 2.27. The van der Waals surface area contributed by atoms with Crippen molar-refractivity contribution in [2.75, 3.05) is 6.61 Å². The minimum absolute atomic E-state index is 0.186. The first-order valence-corrected chi connectivity index (χ1v) is 4.42. The molecule has 0 aliphatic carbocycles. The topological polar surface area (TPSA) is 35.5 Å². The van der Waals surface area contributed by atoms with Crippen LogP contribution in [0.25, 0.3) is 0 Å². The fourth-order valence-corrected chi connectivity index (χ4v) is 1.42. The molecule has 3 nitrogen and oxygen atoms in total. The van der Waals surface area contributed by atoms with Gasteiger partial charge < -0.3 is 14.3 Å². The van der Waals surface area contributed by atoms with E-state index in [4.69, 9.17) is 9.47 Å². The van der Waals surface area contributed by atoms with Gasteiger partial charge >= 0.3 is 0 Å². The van der Waals surface area contributed by atoms with Gasteiger partial charge in [-0.05, 0) is 20.3 Å². The number of ether oxygens (including phenoxy) is 2. The lowest BCUT2D eigenvalue weighted by molar-refractivity contribution is -0.157. The molecule has 0 saturated carbocycles. The van der Waals surface area contributed by atoms with Crippen LogP contribution in [0.2, 0.25) is 0 Å². The molecule has 0 radical (unpaired) electrons. The number of hydrogen-bond donors (Lipinski definition) is 0. The predicted molar refractivity (Wildman–Crippen MR) is 44.8 cm³/mol. The number of unbranched alkanes of at least 4 members (excludes halogenated alkanes) is 1. The van der Waals surface area contributed by atoms with Gasteiger partial charge in [-0.25, -0.2) is 0 Å². The van der Waals surface area contributed by atoms with Crippen molar-refractivity contribution in [3.63, 3.8) is 0 Å². The number of carbonyl (C=O) groups excluding carboxylic acids is 1. The summed E-state index contributed by atoms with van der Waals surface area (Å²) in [5.41, 5.74) is 0. The van der Waals surface area contributed by atoms with Gasteiger partial charge in [-0.2, -0.15) is 0 Å². The van der Waals surface area contributed by atoms with Crippen LogP contribution < -0.4 is 0 Å². The van der Waals surface area contributed by atoms with Gasteiger partial charge in [-0.15, -0.1) is 0 Å². The average molecular weight is 172 g/mol. The van der Waals surface area contributed by atoms with Crippen molar-refractivity contribution in [1.82, 2.24) is 0 Å². The van der Waals surface area contributed by atoms with Gasteiger partial charge in [0.1, 0.15) is 6.29 Å². The maximum Gasteiger partial charge on any atom is 0.166 e. The third-order valence-corrected chi connectivity index (χ3v) is 2.03. The van der Waals surface area contributed by atoms with Crippen molar-refractivity contribution < 1.29 is 14.3 Å². The highest BCUT2D eigenvalue weighted by Gasteiger charge is 2.34. The van der Waals surface area contributed by atoms with Crippen molar-refractivity contribution in [3.8, 4) is 0 Å². The highest BCUT2D eigenvalue weighted by atomic mass is 16.7. The molecule has 0 aromatic rings. The van der Waals surface area contributed by atoms with Crippen LogP contribution in [-0.4, -0.2) is 24.8 Å². The largest absolute Gasteiger partial charge is 0.348 e. The summed E-state index contributed by atoms with van der Waals surface area (Å²) in [6.07, 6.45) is 3.35. The molecular weight excluding hydrogens is 156 g/mol. The lowest BCUT2D eigenvalue weighted by Gasteiger charge is -2.22. The third-order valence-electron chi connectivity index (χ3n) is 2.03. The van der Waals surface area contributed by atoms with Crippen LogP contribution in [0.15, 0.2) is 0 Å². The number of carbonyl (C=O) groups is 1. The summed E-state index contributed by atoms with van der Waals surface area (Å²) in [4.78, 5) is 10.1. The summed E-state index contributed by atoms with van der Waals surface area (Å²) in [7, 11) is 0. The van der Waals surface area contributed by atoms with E-state index in [2.05, 4.69) is 0 Å². The maximum atomic E-state index is 10.1. The molecule has 1 heterocycles. The second-order valence-electron chi connectivity index (χ2n) is 3.43. The SMILES string of the molecule is C[C@@H]1COC(C)(CCCC=O)O1. The first-order chi connectivity index (χ1) is 5.66. The van der Waals surface area contributed by atoms with Gasteiger partial charge in [-0.3, -0.25) is 0 Å². The van der Waals surface area contributed by atoms with Crippen LogP contribution in [0, 0.1) is 0 Å². The van der Waals surface area contributed by atoms with Crippen molar-refractivity contribution in [2.24, 2.45) is 0 Å². The predicted octanol–water partition coefficient (Wildman–Crippen LogP) is 1.51. The molecule has 1 saturated heterocycles. The standard InChI is InChI=1S/C9H16O3/c1-8-7-11-9(2,12-8)5-3-4-6-10/h6,8H,3-5,7H2,1-2H3/t8-,9?/m1/s1. The molecule has 1 unspecified atom stereocenters. The van der Waals surface area contributed by atoms with Crippen LogP contribution in [0.1, 0.15) is 33.1 Å². The van der Waals surface area contributed by atoms with Crippen molar-refractivity contribution in [2.45, 2.75) is 45.0 Å². The molecule has 2 atom stereocenters. The van der Waals surface area contributed by atoms with Crippen LogP contribution in [0.3, 0.4) is 0 Å². The fourth-order valence-electron chi connectivity index (χ4n) is 1.42. The Morgan fingerprint density at radius 2 is 2.42 bits per heavy atom. The van der Waals surface area contributed by atoms with Gasteiger partial charge in [0.25, 0.3) is 0 Å². The van der Waals surface area contributed by atoms with Gasteiger partial charge in [0.2, 0.25) is 0 Å². The van der Waals surface area contributed by atoms with Crippen molar-refractivity contribution in [1.29, 1.82) is 0 Å². The number of hydrogen-bond acceptors (Lipinski definition) is 3. The summed E-state index contributed by atoms with van der Waals surface area (Å²) in [6.45, 7) is 4.59. The van der Waals surface area contributed by atoms with Gasteiger partial charge in [0.15, 0.2) is 5.79 Å². The molecule has 0 aromatic carbocycles. The lowest BCUT2D eigenvalue weighted by atomic mass is 10.1. The van der Waals surface area contributed by atoms with E-state index < -0.39 is 5.79 Å². The highest BCUT2D eigenvalue weighted by molar-refractivity contribution is 5.48. The Morgan fingerprint density at radius 1 is 1.67 bits per heavy atom. The zero-order valence-electron chi connectivity index (χ0n) is 7.71. The van der Waals surface area contributed by atoms with E-state index in [9.17, 15) is 4.79 Å². The molecule has 1 rings (SSSR count). The Kier molecular flexibility index (Phi) is 3.23. The van der Waals surface area contributed by atoms with E-state index >= 15 is 0 Å². The molecule has 1 aliphatic heterocycles. The monoisotopic (exact) mass is 172 g/mol. The maximum absolute atomic E-state index is 10.1. The summed E-state index contributed by atoms with van der Waals surface area (Å²) in [5, 5.41) is 0. The van der Waals surface area contributed by atoms with Gasteiger partial charge in [0.05, 0.1) is 12.7 Å². The van der Waals surface area contributed by atoms with E-state index in [1.807, 2.05) is 13.8 Å². The molecule has 3 heteroatoms. The van der Waals surface area contributed by atoms with Gasteiger partial charge in [0, 0.05) is 12.8 Å². The normalized spacial score (nSPS) is 35.3. The fraction of sp³-hybridized carbons (Fsp3) is 0.889. The zero-order chi connectivity index (χ0) is 9.03. The van der Waals surface area contributed by atoms with Crippen LogP contribution in [0.5, 0.6) is 0 Å². The Labute approximate surface area is 73.0 Å². The Bertz CT molecular complexity index is 158. The van der Waals surface area contributed by atoms with Crippen LogP contribution in [-0.2, 0) is 14.3 Å². The first-order valence-electron chi connectivity index (χ1n) is 4.42. The zero-order valence-corrected chi connectivity index (χ0v) is 7.71. The van der Waals surface area contributed by atoms with Crippen molar-refractivity contribution >= 4 is 6.29 Å². The second-order valence-corrected chi connectivity index (χ2v) is 3.43. The number of rotatable bonds is 4. The second kappa shape index (κ2) is 4.01. The smallest absolute Gasteiger partial charge is 0.166 e. The van der Waals surface area contributed by atoms with E-state index in [0.29, 0.717) is 13.0 Å². The molecule has 0 N–H and O–H groups in total. The third kappa shape index (κ3) is 2.57. The summed E-state index contributed by atoms with van der Waals surface area (Å²) >= 11 is 0. The summed E-state index contributed by atoms with van der Waals surface area (Å²) in [6, 6.07) is 0. The minimum Gasteiger partial charge on any atom is -0.348 e.